The lowest BCUT2D eigenvalue weighted by atomic mass is 10.2. The number of aliphatic hydroxyl groups is 1. The smallest absolute Gasteiger partial charge is 0.330 e. The maximum absolute atomic E-state index is 12.0. The normalized spacial score (nSPS) is 24.6. The van der Waals surface area contributed by atoms with Gasteiger partial charge in [-0.3, -0.25) is 14.3 Å². The van der Waals surface area contributed by atoms with Crippen LogP contribution in [-0.2, 0) is 4.74 Å². The SMILES string of the molecule is CC(C)[Si](CC1OC(n2ccc(=O)[nH]c2=O)CC1O)(C(C)C)C(C)C. The Balaban J connectivity index is 2.26. The third-order valence-electron chi connectivity index (χ3n) is 6.15. The molecule has 3 unspecified atom stereocenters. The second-order valence-corrected chi connectivity index (χ2v) is 14.3. The van der Waals surface area contributed by atoms with Gasteiger partial charge in [-0.2, -0.15) is 0 Å². The average molecular weight is 369 g/mol. The fourth-order valence-electron chi connectivity index (χ4n) is 4.78. The van der Waals surface area contributed by atoms with Crippen molar-refractivity contribution in [1.82, 2.24) is 9.55 Å². The highest BCUT2D eigenvalue weighted by molar-refractivity contribution is 6.83. The number of hydrogen-bond donors (Lipinski definition) is 2. The van der Waals surface area contributed by atoms with E-state index in [1.165, 1.54) is 16.8 Å². The third-order valence-corrected chi connectivity index (χ3v) is 13.7. The van der Waals surface area contributed by atoms with Crippen molar-refractivity contribution in [2.75, 3.05) is 0 Å². The summed E-state index contributed by atoms with van der Waals surface area (Å²) >= 11 is 0. The number of rotatable bonds is 6. The standard InChI is InChI=1S/C18H32N2O4Si/c1-11(2)25(12(3)4,13(5)6)10-15-14(21)9-17(24-15)20-8-7-16(22)19-18(20)23/h7-8,11-15,17,21H,9-10H2,1-6H3,(H,19,22,23). The minimum absolute atomic E-state index is 0.261. The van der Waals surface area contributed by atoms with E-state index in [9.17, 15) is 14.7 Å². The number of hydrogen-bond acceptors (Lipinski definition) is 4. The summed E-state index contributed by atoms with van der Waals surface area (Å²) in [6, 6.07) is 2.19. The van der Waals surface area contributed by atoms with Gasteiger partial charge in [0.15, 0.2) is 0 Å². The molecule has 3 atom stereocenters. The second-order valence-electron chi connectivity index (χ2n) is 8.23. The van der Waals surface area contributed by atoms with E-state index >= 15 is 0 Å². The molecule has 142 valence electrons. The number of aromatic nitrogens is 2. The minimum atomic E-state index is -1.72. The first-order valence-corrected chi connectivity index (χ1v) is 11.7. The van der Waals surface area contributed by atoms with Crippen molar-refractivity contribution in [3.63, 3.8) is 0 Å². The van der Waals surface area contributed by atoms with Crippen LogP contribution in [0, 0.1) is 0 Å². The molecule has 1 fully saturated rings. The van der Waals surface area contributed by atoms with Crippen molar-refractivity contribution >= 4 is 8.07 Å². The summed E-state index contributed by atoms with van der Waals surface area (Å²) in [5.41, 5.74) is 0.821. The van der Waals surface area contributed by atoms with Crippen molar-refractivity contribution < 1.29 is 9.84 Å². The minimum Gasteiger partial charge on any atom is -0.390 e. The quantitative estimate of drug-likeness (QED) is 0.756. The molecule has 0 saturated carbocycles. The van der Waals surface area contributed by atoms with Gasteiger partial charge in [-0.05, 0) is 6.04 Å². The summed E-state index contributed by atoms with van der Waals surface area (Å²) in [7, 11) is -1.72. The predicted molar refractivity (Wildman–Crippen MR) is 102 cm³/mol. The summed E-state index contributed by atoms with van der Waals surface area (Å²) in [6.45, 7) is 13.7. The van der Waals surface area contributed by atoms with Crippen LogP contribution < -0.4 is 11.2 Å². The van der Waals surface area contributed by atoms with Crippen LogP contribution in [0.4, 0.5) is 0 Å². The molecule has 1 aromatic rings. The van der Waals surface area contributed by atoms with Gasteiger partial charge in [0, 0.05) is 18.7 Å². The molecule has 0 amide bonds. The van der Waals surface area contributed by atoms with Gasteiger partial charge in [0.05, 0.1) is 20.3 Å². The van der Waals surface area contributed by atoms with Gasteiger partial charge < -0.3 is 9.84 Å². The number of ether oxygens (including phenoxy) is 1. The van der Waals surface area contributed by atoms with E-state index in [-0.39, 0.29) is 6.10 Å². The Hall–Kier alpha value is -1.18. The van der Waals surface area contributed by atoms with Crippen molar-refractivity contribution in [2.24, 2.45) is 0 Å². The molecule has 0 radical (unpaired) electrons. The van der Waals surface area contributed by atoms with E-state index in [0.717, 1.165) is 6.04 Å². The molecule has 0 bridgehead atoms. The molecule has 1 aromatic heterocycles. The molecule has 7 heteroatoms. The Kier molecular flexibility index (Phi) is 6.12. The van der Waals surface area contributed by atoms with E-state index in [1.807, 2.05) is 0 Å². The van der Waals surface area contributed by atoms with E-state index in [1.54, 1.807) is 0 Å². The third kappa shape index (κ3) is 3.83. The predicted octanol–water partition coefficient (Wildman–Crippen LogP) is 2.86. The summed E-state index contributed by atoms with van der Waals surface area (Å²) in [4.78, 5) is 25.5. The molecule has 1 saturated heterocycles. The second kappa shape index (κ2) is 7.59. The van der Waals surface area contributed by atoms with Gasteiger partial charge in [-0.1, -0.05) is 58.2 Å². The fraction of sp³-hybridized carbons (Fsp3) is 0.778. The first-order valence-electron chi connectivity index (χ1n) is 9.24. The lowest BCUT2D eigenvalue weighted by molar-refractivity contribution is -0.0113. The molecule has 6 nitrogen and oxygen atoms in total. The molecule has 2 rings (SSSR count). The van der Waals surface area contributed by atoms with Gasteiger partial charge in [0.1, 0.15) is 6.23 Å². The average Bonchev–Trinajstić information content (AvgIpc) is 2.84. The molecule has 0 spiro atoms. The first-order chi connectivity index (χ1) is 11.6. The van der Waals surface area contributed by atoms with Crippen molar-refractivity contribution in [3.8, 4) is 0 Å². The summed E-state index contributed by atoms with van der Waals surface area (Å²) in [5, 5.41) is 10.6. The van der Waals surface area contributed by atoms with Crippen LogP contribution in [-0.4, -0.2) is 34.9 Å². The van der Waals surface area contributed by atoms with E-state index < -0.39 is 31.7 Å². The maximum Gasteiger partial charge on any atom is 0.330 e. The summed E-state index contributed by atoms with van der Waals surface area (Å²) in [6.07, 6.45) is 0.436. The molecular formula is C18H32N2O4Si. The Bertz CT molecular complexity index is 673. The van der Waals surface area contributed by atoms with Crippen LogP contribution in [0.1, 0.15) is 54.2 Å². The van der Waals surface area contributed by atoms with E-state index in [0.29, 0.717) is 23.0 Å². The summed E-state index contributed by atoms with van der Waals surface area (Å²) < 4.78 is 7.48. The van der Waals surface area contributed by atoms with Crippen LogP contribution in [0.25, 0.3) is 0 Å². The van der Waals surface area contributed by atoms with Crippen LogP contribution in [0.15, 0.2) is 21.9 Å². The summed E-state index contributed by atoms with van der Waals surface area (Å²) in [5.74, 6) is 0. The molecule has 2 heterocycles. The highest BCUT2D eigenvalue weighted by atomic mass is 28.3. The maximum atomic E-state index is 12.0. The molecular weight excluding hydrogens is 336 g/mol. The van der Waals surface area contributed by atoms with E-state index in [2.05, 4.69) is 46.5 Å². The van der Waals surface area contributed by atoms with Gasteiger partial charge in [0.25, 0.3) is 5.56 Å². The molecule has 25 heavy (non-hydrogen) atoms. The number of nitrogens with zero attached hydrogens (tertiary/aromatic N) is 1. The highest BCUT2D eigenvalue weighted by Gasteiger charge is 2.48. The highest BCUT2D eigenvalue weighted by Crippen LogP contribution is 2.47. The van der Waals surface area contributed by atoms with Crippen molar-refractivity contribution in [1.29, 1.82) is 0 Å². The Morgan fingerprint density at radius 2 is 1.76 bits per heavy atom. The number of aromatic amines is 1. The van der Waals surface area contributed by atoms with Gasteiger partial charge in [-0.25, -0.2) is 4.79 Å². The number of nitrogens with one attached hydrogen (secondary N) is 1. The molecule has 1 aliphatic rings. The van der Waals surface area contributed by atoms with Gasteiger partial charge in [-0.15, -0.1) is 0 Å². The first kappa shape index (κ1) is 20.1. The zero-order valence-electron chi connectivity index (χ0n) is 16.2. The lowest BCUT2D eigenvalue weighted by Gasteiger charge is -2.45. The van der Waals surface area contributed by atoms with Crippen molar-refractivity contribution in [2.45, 2.75) is 89.1 Å². The molecule has 2 N–H and O–H groups in total. The monoisotopic (exact) mass is 368 g/mol. The Labute approximate surface area is 150 Å². The van der Waals surface area contributed by atoms with Crippen molar-refractivity contribution in [3.05, 3.63) is 33.1 Å². The molecule has 0 aromatic carbocycles. The lowest BCUT2D eigenvalue weighted by Crippen LogP contribution is -2.48. The Morgan fingerprint density at radius 1 is 1.20 bits per heavy atom. The van der Waals surface area contributed by atoms with Crippen LogP contribution >= 0.6 is 0 Å². The van der Waals surface area contributed by atoms with Crippen LogP contribution in [0.2, 0.25) is 22.7 Å². The van der Waals surface area contributed by atoms with Gasteiger partial charge in [0.2, 0.25) is 0 Å². The number of H-pyrrole nitrogens is 1. The van der Waals surface area contributed by atoms with Crippen LogP contribution in [0.5, 0.6) is 0 Å². The zero-order chi connectivity index (χ0) is 18.9. The molecule has 0 aliphatic carbocycles. The topological polar surface area (TPSA) is 84.3 Å². The Morgan fingerprint density at radius 3 is 2.24 bits per heavy atom. The number of aliphatic hydroxyl groups excluding tert-OH is 1. The van der Waals surface area contributed by atoms with E-state index in [4.69, 9.17) is 4.74 Å². The fourth-order valence-corrected chi connectivity index (χ4v) is 11.3. The zero-order valence-corrected chi connectivity index (χ0v) is 17.2. The largest absolute Gasteiger partial charge is 0.390 e. The van der Waals surface area contributed by atoms with Gasteiger partial charge >= 0.3 is 5.69 Å². The molecule has 1 aliphatic heterocycles. The van der Waals surface area contributed by atoms with Crippen LogP contribution in [0.3, 0.4) is 0 Å².